The molecule has 1 saturated carbocycles. The number of amides is 4. The number of imide groups is 1. The van der Waals surface area contributed by atoms with Crippen LogP contribution in [0.3, 0.4) is 0 Å². The molecule has 0 spiro atoms. The molecule has 2 atom stereocenters. The van der Waals surface area contributed by atoms with Crippen LogP contribution in [0.2, 0.25) is 0 Å². The zero-order chi connectivity index (χ0) is 15.7. The number of fused-ring (bicyclic) bond motifs is 1. The molecule has 0 bridgehead atoms. The van der Waals surface area contributed by atoms with Crippen LogP contribution in [0, 0.1) is 0 Å². The highest BCUT2D eigenvalue weighted by Crippen LogP contribution is 2.19. The number of piperazine rings is 1. The second-order valence-corrected chi connectivity index (χ2v) is 6.52. The zero-order valence-corrected chi connectivity index (χ0v) is 13.0. The van der Waals surface area contributed by atoms with Gasteiger partial charge in [-0.25, -0.2) is 4.79 Å². The third-order valence-corrected chi connectivity index (χ3v) is 5.08. The van der Waals surface area contributed by atoms with Crippen LogP contribution in [0.15, 0.2) is 0 Å². The number of carbonyl (C=O) groups excluding carboxylic acids is 3. The molecule has 2 N–H and O–H groups in total. The molecule has 3 fully saturated rings. The van der Waals surface area contributed by atoms with Gasteiger partial charge in [-0.05, 0) is 19.8 Å². The predicted molar refractivity (Wildman–Crippen MR) is 80.1 cm³/mol. The minimum atomic E-state index is -0.453. The van der Waals surface area contributed by atoms with Gasteiger partial charge in [0.2, 0.25) is 5.91 Å². The highest BCUT2D eigenvalue weighted by molar-refractivity contribution is 6.04. The van der Waals surface area contributed by atoms with E-state index in [1.54, 1.807) is 4.90 Å². The lowest BCUT2D eigenvalue weighted by molar-refractivity contribution is -0.130. The van der Waals surface area contributed by atoms with Gasteiger partial charge >= 0.3 is 6.03 Å². The van der Waals surface area contributed by atoms with Gasteiger partial charge in [0.25, 0.3) is 5.91 Å². The topological polar surface area (TPSA) is 81.8 Å². The number of hydrogen-bond acceptors (Lipinski definition) is 4. The largest absolute Gasteiger partial charge is 0.352 e. The summed E-state index contributed by atoms with van der Waals surface area (Å²) in [5.74, 6) is -0.223. The summed E-state index contributed by atoms with van der Waals surface area (Å²) < 4.78 is 0. The van der Waals surface area contributed by atoms with Crippen LogP contribution in [0.4, 0.5) is 4.79 Å². The smallest absolute Gasteiger partial charge is 0.324 e. The molecule has 1 aliphatic carbocycles. The lowest BCUT2D eigenvalue weighted by atomic mass is 9.95. The predicted octanol–water partition coefficient (Wildman–Crippen LogP) is 0.0598. The molecule has 4 amide bonds. The molecule has 0 aromatic heterocycles. The maximum Gasteiger partial charge on any atom is 0.324 e. The molecule has 2 saturated heterocycles. The minimum absolute atomic E-state index is 0.0325. The van der Waals surface area contributed by atoms with Crippen LogP contribution in [0.25, 0.3) is 0 Å². The molecule has 2 aliphatic heterocycles. The second-order valence-electron chi connectivity index (χ2n) is 6.52. The van der Waals surface area contributed by atoms with E-state index in [0.717, 1.165) is 12.8 Å². The standard InChI is InChI=1S/C15H24N4O3/c1-10(13(20)16-11-5-3-2-4-6-11)18-7-8-19-12(9-18)14(21)17-15(19)22/h10-12H,2-9H2,1H3,(H,16,20)(H,17,21,22)/t10-,12+/m1/s1. The Morgan fingerprint density at radius 1 is 1.23 bits per heavy atom. The van der Waals surface area contributed by atoms with Crippen LogP contribution < -0.4 is 10.6 Å². The molecule has 3 aliphatic rings. The number of hydrogen-bond donors (Lipinski definition) is 2. The van der Waals surface area contributed by atoms with Gasteiger partial charge in [0.1, 0.15) is 6.04 Å². The van der Waals surface area contributed by atoms with Crippen LogP contribution in [-0.4, -0.2) is 65.4 Å². The highest BCUT2D eigenvalue weighted by Gasteiger charge is 2.43. The maximum atomic E-state index is 12.4. The van der Waals surface area contributed by atoms with Crippen molar-refractivity contribution in [3.8, 4) is 0 Å². The van der Waals surface area contributed by atoms with E-state index in [4.69, 9.17) is 0 Å². The molecule has 22 heavy (non-hydrogen) atoms. The Morgan fingerprint density at radius 3 is 2.68 bits per heavy atom. The molecule has 7 heteroatoms. The summed E-state index contributed by atoms with van der Waals surface area (Å²) in [5.41, 5.74) is 0. The van der Waals surface area contributed by atoms with E-state index < -0.39 is 6.04 Å². The monoisotopic (exact) mass is 308 g/mol. The van der Waals surface area contributed by atoms with Crippen molar-refractivity contribution in [2.75, 3.05) is 19.6 Å². The maximum absolute atomic E-state index is 12.4. The summed E-state index contributed by atoms with van der Waals surface area (Å²) >= 11 is 0. The number of urea groups is 1. The van der Waals surface area contributed by atoms with Gasteiger partial charge in [0.15, 0.2) is 0 Å². The van der Waals surface area contributed by atoms with Gasteiger partial charge in [-0.3, -0.25) is 19.8 Å². The van der Waals surface area contributed by atoms with Gasteiger partial charge in [-0.15, -0.1) is 0 Å². The van der Waals surface area contributed by atoms with E-state index in [1.807, 2.05) is 11.8 Å². The summed E-state index contributed by atoms with van der Waals surface area (Å²) in [6, 6.07) is -0.742. The van der Waals surface area contributed by atoms with Crippen molar-refractivity contribution in [3.63, 3.8) is 0 Å². The molecule has 2 heterocycles. The van der Waals surface area contributed by atoms with E-state index in [0.29, 0.717) is 25.7 Å². The Kier molecular flexibility index (Phi) is 4.33. The number of rotatable bonds is 3. The first-order valence-corrected chi connectivity index (χ1v) is 8.22. The first-order valence-electron chi connectivity index (χ1n) is 8.22. The highest BCUT2D eigenvalue weighted by atomic mass is 16.2. The number of carbonyl (C=O) groups is 3. The van der Waals surface area contributed by atoms with Crippen LogP contribution in [0.5, 0.6) is 0 Å². The fourth-order valence-corrected chi connectivity index (χ4v) is 3.62. The summed E-state index contributed by atoms with van der Waals surface area (Å²) in [7, 11) is 0. The Balaban J connectivity index is 1.56. The SMILES string of the molecule is C[C@H](C(=O)NC1CCCCC1)N1CCN2C(=O)NC(=O)[C@@H]2C1. The summed E-state index contributed by atoms with van der Waals surface area (Å²) in [5, 5.41) is 5.47. The van der Waals surface area contributed by atoms with Crippen molar-refractivity contribution in [3.05, 3.63) is 0 Å². The Hall–Kier alpha value is -1.63. The quantitative estimate of drug-likeness (QED) is 0.722. The third-order valence-electron chi connectivity index (χ3n) is 5.08. The van der Waals surface area contributed by atoms with Crippen molar-refractivity contribution in [2.24, 2.45) is 0 Å². The van der Waals surface area contributed by atoms with Crippen molar-refractivity contribution in [1.29, 1.82) is 0 Å². The van der Waals surface area contributed by atoms with Crippen molar-refractivity contribution >= 4 is 17.8 Å². The molecule has 122 valence electrons. The lowest BCUT2D eigenvalue weighted by Crippen LogP contribution is -2.58. The molecular formula is C15H24N4O3. The van der Waals surface area contributed by atoms with E-state index in [2.05, 4.69) is 10.6 Å². The molecule has 0 aromatic carbocycles. The van der Waals surface area contributed by atoms with Crippen LogP contribution >= 0.6 is 0 Å². The minimum Gasteiger partial charge on any atom is -0.352 e. The van der Waals surface area contributed by atoms with Gasteiger partial charge in [-0.1, -0.05) is 19.3 Å². The van der Waals surface area contributed by atoms with Crippen LogP contribution in [0.1, 0.15) is 39.0 Å². The van der Waals surface area contributed by atoms with Crippen molar-refractivity contribution < 1.29 is 14.4 Å². The fourth-order valence-electron chi connectivity index (χ4n) is 3.62. The summed E-state index contributed by atoms with van der Waals surface area (Å²) in [6.07, 6.45) is 5.75. The van der Waals surface area contributed by atoms with E-state index in [1.165, 1.54) is 19.3 Å². The molecule has 0 aromatic rings. The Bertz CT molecular complexity index is 475. The molecule has 0 radical (unpaired) electrons. The summed E-state index contributed by atoms with van der Waals surface area (Å²) in [4.78, 5) is 39.3. The van der Waals surface area contributed by atoms with Crippen molar-refractivity contribution in [1.82, 2.24) is 20.4 Å². The average Bonchev–Trinajstić information content (AvgIpc) is 2.82. The van der Waals surface area contributed by atoms with Gasteiger partial charge in [0, 0.05) is 25.7 Å². The van der Waals surface area contributed by atoms with E-state index in [-0.39, 0.29) is 23.9 Å². The Labute approximate surface area is 130 Å². The third kappa shape index (κ3) is 2.95. The fraction of sp³-hybridized carbons (Fsp3) is 0.800. The van der Waals surface area contributed by atoms with Gasteiger partial charge in [0.05, 0.1) is 6.04 Å². The zero-order valence-electron chi connectivity index (χ0n) is 13.0. The van der Waals surface area contributed by atoms with Gasteiger partial charge in [-0.2, -0.15) is 0 Å². The summed E-state index contributed by atoms with van der Waals surface area (Å²) in [6.45, 7) is 3.42. The van der Waals surface area contributed by atoms with Crippen molar-refractivity contribution in [2.45, 2.75) is 57.2 Å². The van der Waals surface area contributed by atoms with E-state index in [9.17, 15) is 14.4 Å². The number of nitrogens with zero attached hydrogens (tertiary/aromatic N) is 2. The first kappa shape index (κ1) is 15.3. The molecule has 0 unspecified atom stereocenters. The lowest BCUT2D eigenvalue weighted by Gasteiger charge is -2.38. The Morgan fingerprint density at radius 2 is 1.95 bits per heavy atom. The molecule has 3 rings (SSSR count). The normalized spacial score (nSPS) is 28.2. The molecular weight excluding hydrogens is 284 g/mol. The second kappa shape index (κ2) is 6.24. The molecule has 7 nitrogen and oxygen atoms in total. The van der Waals surface area contributed by atoms with E-state index >= 15 is 0 Å². The first-order chi connectivity index (χ1) is 10.6. The average molecular weight is 308 g/mol. The number of nitrogens with one attached hydrogen (secondary N) is 2. The van der Waals surface area contributed by atoms with Crippen LogP contribution in [-0.2, 0) is 9.59 Å². The van der Waals surface area contributed by atoms with Gasteiger partial charge < -0.3 is 10.2 Å².